The molecule has 0 aromatic heterocycles. The maximum Gasteiger partial charge on any atom is 0.237 e. The lowest BCUT2D eigenvalue weighted by Gasteiger charge is -2.31. The molecule has 210 valence electrons. The van der Waals surface area contributed by atoms with Crippen LogP contribution in [-0.4, -0.2) is 84.3 Å². The predicted molar refractivity (Wildman–Crippen MR) is 148 cm³/mol. The first-order valence-corrected chi connectivity index (χ1v) is 13.6. The standard InChI is InChI=1S/C24H39N9O4S/c25-20(15-17(16-31-24(28)29)22(35)33-10-12-37-13-11-33)21(34)32-18(5-4-9-30-23(26)27)8-14-38(36)19-6-2-1-3-7-19/h1-3,6-8,14,17-18,20H,4-5,9-13,15-16,25H2,(H,32,34)(H4,26,27,30)(H4,28,29,31)/b14-8+/t17?,18-,20-,38?/m0/s1. The second-order valence-electron chi connectivity index (χ2n) is 8.75. The molecule has 1 aromatic carbocycles. The van der Waals surface area contributed by atoms with E-state index in [9.17, 15) is 13.8 Å². The second kappa shape index (κ2) is 16.4. The molecular formula is C24H39N9O4S. The van der Waals surface area contributed by atoms with Gasteiger partial charge in [0.15, 0.2) is 11.9 Å². The number of rotatable bonds is 14. The van der Waals surface area contributed by atoms with E-state index in [1.807, 2.05) is 6.07 Å². The summed E-state index contributed by atoms with van der Waals surface area (Å²) < 4.78 is 17.9. The number of benzene rings is 1. The Balaban J connectivity index is 2.08. The van der Waals surface area contributed by atoms with Crippen LogP contribution in [-0.2, 0) is 25.1 Å². The van der Waals surface area contributed by atoms with Crippen LogP contribution in [0.1, 0.15) is 19.3 Å². The van der Waals surface area contributed by atoms with Gasteiger partial charge in [-0.3, -0.25) is 19.6 Å². The van der Waals surface area contributed by atoms with Crippen LogP contribution < -0.4 is 34.0 Å². The van der Waals surface area contributed by atoms with Gasteiger partial charge in [0.2, 0.25) is 11.8 Å². The molecule has 14 heteroatoms. The third kappa shape index (κ3) is 11.3. The lowest BCUT2D eigenvalue weighted by atomic mass is 9.97. The van der Waals surface area contributed by atoms with Crippen molar-refractivity contribution in [3.05, 3.63) is 41.8 Å². The van der Waals surface area contributed by atoms with Gasteiger partial charge in [0.25, 0.3) is 0 Å². The summed E-state index contributed by atoms with van der Waals surface area (Å²) in [5.74, 6) is -1.51. The molecule has 1 saturated heterocycles. The molecule has 11 N–H and O–H groups in total. The van der Waals surface area contributed by atoms with Crippen molar-refractivity contribution >= 4 is 34.5 Å². The Labute approximate surface area is 225 Å². The summed E-state index contributed by atoms with van der Waals surface area (Å²) in [7, 11) is -1.40. The van der Waals surface area contributed by atoms with E-state index in [-0.39, 0.29) is 30.8 Å². The Morgan fingerprint density at radius 2 is 1.74 bits per heavy atom. The summed E-state index contributed by atoms with van der Waals surface area (Å²) in [4.78, 5) is 36.4. The number of carbonyl (C=O) groups excluding carboxylic acids is 2. The zero-order valence-electron chi connectivity index (χ0n) is 21.4. The molecule has 1 aliphatic rings. The number of aliphatic imine (C=N–C) groups is 2. The SMILES string of the molecule is NC(N)=NCCC[C@@H](/C=C/S(=O)c1ccccc1)NC(=O)[C@@H](N)CC(CN=C(N)N)C(=O)N1CCOCC1. The topological polar surface area (TPSA) is 231 Å². The molecule has 1 heterocycles. The molecule has 2 unspecified atom stereocenters. The van der Waals surface area contributed by atoms with Gasteiger partial charge in [0.05, 0.1) is 42.5 Å². The fraction of sp³-hybridized carbons (Fsp3) is 0.500. The molecule has 1 fully saturated rings. The van der Waals surface area contributed by atoms with Crippen LogP contribution in [0.5, 0.6) is 0 Å². The summed E-state index contributed by atoms with van der Waals surface area (Å²) in [6.45, 7) is 2.14. The summed E-state index contributed by atoms with van der Waals surface area (Å²) in [5, 5.41) is 4.40. The normalized spacial score (nSPS) is 16.7. The molecule has 1 aliphatic heterocycles. The van der Waals surface area contributed by atoms with E-state index in [1.54, 1.807) is 35.2 Å². The number of nitrogens with two attached hydrogens (primary N) is 5. The maximum atomic E-state index is 13.1. The molecule has 0 radical (unpaired) electrons. The van der Waals surface area contributed by atoms with Crippen molar-refractivity contribution in [2.75, 3.05) is 39.4 Å². The average molecular weight is 550 g/mol. The highest BCUT2D eigenvalue weighted by molar-refractivity contribution is 7.88. The van der Waals surface area contributed by atoms with Crippen LogP contribution in [0.25, 0.3) is 0 Å². The molecule has 2 amide bonds. The zero-order valence-corrected chi connectivity index (χ0v) is 22.2. The molecule has 0 bridgehead atoms. The fourth-order valence-corrected chi connectivity index (χ4v) is 4.66. The molecule has 0 spiro atoms. The number of hydrogen-bond acceptors (Lipinski definition) is 7. The van der Waals surface area contributed by atoms with Crippen molar-refractivity contribution in [2.45, 2.75) is 36.2 Å². The van der Waals surface area contributed by atoms with Crippen LogP contribution in [0, 0.1) is 5.92 Å². The number of guanidine groups is 2. The van der Waals surface area contributed by atoms with Crippen LogP contribution >= 0.6 is 0 Å². The van der Waals surface area contributed by atoms with E-state index in [4.69, 9.17) is 33.4 Å². The minimum absolute atomic E-state index is 0.0113. The molecule has 4 atom stereocenters. The highest BCUT2D eigenvalue weighted by Gasteiger charge is 2.30. The number of nitrogens with zero attached hydrogens (tertiary/aromatic N) is 3. The van der Waals surface area contributed by atoms with Gasteiger partial charge in [0.1, 0.15) is 0 Å². The van der Waals surface area contributed by atoms with Crippen LogP contribution in [0.3, 0.4) is 0 Å². The van der Waals surface area contributed by atoms with Crippen molar-refractivity contribution in [2.24, 2.45) is 44.6 Å². The Morgan fingerprint density at radius 1 is 1.08 bits per heavy atom. The first kappa shape index (κ1) is 30.7. The van der Waals surface area contributed by atoms with Gasteiger partial charge in [-0.05, 0) is 31.4 Å². The van der Waals surface area contributed by atoms with Crippen molar-refractivity contribution in [3.63, 3.8) is 0 Å². The van der Waals surface area contributed by atoms with E-state index in [2.05, 4.69) is 15.3 Å². The number of carbonyl (C=O) groups is 2. The lowest BCUT2D eigenvalue weighted by molar-refractivity contribution is -0.139. The first-order chi connectivity index (χ1) is 18.2. The number of nitrogens with one attached hydrogen (secondary N) is 1. The molecule has 1 aromatic rings. The Kier molecular flexibility index (Phi) is 13.2. The molecular weight excluding hydrogens is 510 g/mol. The van der Waals surface area contributed by atoms with E-state index < -0.39 is 34.7 Å². The molecule has 38 heavy (non-hydrogen) atoms. The predicted octanol–water partition coefficient (Wildman–Crippen LogP) is -1.69. The summed E-state index contributed by atoms with van der Waals surface area (Å²) >= 11 is 0. The molecule has 0 saturated carbocycles. The number of ether oxygens (including phenoxy) is 1. The number of hydrogen-bond donors (Lipinski definition) is 6. The second-order valence-corrected chi connectivity index (χ2v) is 10.1. The zero-order chi connectivity index (χ0) is 27.9. The third-order valence-corrected chi connectivity index (χ3v) is 6.89. The number of morpholine rings is 1. The van der Waals surface area contributed by atoms with Crippen LogP contribution in [0.2, 0.25) is 0 Å². The highest BCUT2D eigenvalue weighted by Crippen LogP contribution is 2.14. The Morgan fingerprint density at radius 3 is 2.37 bits per heavy atom. The van der Waals surface area contributed by atoms with E-state index in [0.717, 1.165) is 0 Å². The van der Waals surface area contributed by atoms with Crippen LogP contribution in [0.4, 0.5) is 0 Å². The van der Waals surface area contributed by atoms with Gasteiger partial charge in [-0.15, -0.1) is 0 Å². The van der Waals surface area contributed by atoms with Gasteiger partial charge < -0.3 is 43.6 Å². The maximum absolute atomic E-state index is 13.1. The molecule has 2 rings (SSSR count). The van der Waals surface area contributed by atoms with Gasteiger partial charge in [-0.1, -0.05) is 24.3 Å². The van der Waals surface area contributed by atoms with Crippen molar-refractivity contribution in [1.82, 2.24) is 10.2 Å². The van der Waals surface area contributed by atoms with Crippen LogP contribution in [0.15, 0.2) is 56.7 Å². The minimum atomic E-state index is -1.40. The molecule has 0 aliphatic carbocycles. The first-order valence-electron chi connectivity index (χ1n) is 12.3. The minimum Gasteiger partial charge on any atom is -0.378 e. The van der Waals surface area contributed by atoms with Crippen molar-refractivity contribution in [3.8, 4) is 0 Å². The smallest absolute Gasteiger partial charge is 0.237 e. The van der Waals surface area contributed by atoms with E-state index in [1.165, 1.54) is 5.41 Å². The quantitative estimate of drug-likeness (QED) is 0.0881. The van der Waals surface area contributed by atoms with Gasteiger partial charge in [-0.2, -0.15) is 0 Å². The van der Waals surface area contributed by atoms with E-state index >= 15 is 0 Å². The van der Waals surface area contributed by atoms with Gasteiger partial charge in [-0.25, -0.2) is 4.21 Å². The molecule has 13 nitrogen and oxygen atoms in total. The highest BCUT2D eigenvalue weighted by atomic mass is 32.2. The fourth-order valence-electron chi connectivity index (χ4n) is 3.75. The van der Waals surface area contributed by atoms with Crippen molar-refractivity contribution in [1.29, 1.82) is 0 Å². The van der Waals surface area contributed by atoms with Crippen molar-refractivity contribution < 1.29 is 18.5 Å². The Hall–Kier alpha value is -3.49. The van der Waals surface area contributed by atoms with E-state index in [0.29, 0.717) is 50.6 Å². The lowest BCUT2D eigenvalue weighted by Crippen LogP contribution is -2.49. The van der Waals surface area contributed by atoms with Gasteiger partial charge >= 0.3 is 0 Å². The third-order valence-electron chi connectivity index (χ3n) is 5.75. The largest absolute Gasteiger partial charge is 0.378 e. The summed E-state index contributed by atoms with van der Waals surface area (Å²) in [6.07, 6.45) is 2.74. The Bertz CT molecular complexity index is 1010. The summed E-state index contributed by atoms with van der Waals surface area (Å²) in [6, 6.07) is 7.45. The average Bonchev–Trinajstić information content (AvgIpc) is 2.91. The number of amides is 2. The monoisotopic (exact) mass is 549 g/mol. The van der Waals surface area contributed by atoms with Gasteiger partial charge in [0, 0.05) is 36.0 Å². The summed E-state index contributed by atoms with van der Waals surface area (Å²) in [5.41, 5.74) is 27.9.